The largest absolute Gasteiger partial charge is 0.459 e. The molecule has 5 aromatic rings. The van der Waals surface area contributed by atoms with E-state index in [2.05, 4.69) is 20.6 Å². The second kappa shape index (κ2) is 8.47. The van der Waals surface area contributed by atoms with Gasteiger partial charge in [-0.15, -0.1) is 0 Å². The maximum absolute atomic E-state index is 12.8. The summed E-state index contributed by atoms with van der Waals surface area (Å²) < 4.78 is 5.12. The maximum Gasteiger partial charge on any atom is 0.291 e. The number of hydrogen-bond acceptors (Lipinski definition) is 4. The zero-order valence-electron chi connectivity index (χ0n) is 17.8. The summed E-state index contributed by atoms with van der Waals surface area (Å²) in [6.45, 7) is 1.86. The van der Waals surface area contributed by atoms with Gasteiger partial charge >= 0.3 is 0 Å². The molecule has 2 heterocycles. The molecule has 0 aliphatic carbocycles. The van der Waals surface area contributed by atoms with Crippen LogP contribution in [0.3, 0.4) is 0 Å². The average molecular weight is 436 g/mol. The van der Waals surface area contributed by atoms with E-state index in [0.29, 0.717) is 16.9 Å². The quantitative estimate of drug-likeness (QED) is 0.332. The van der Waals surface area contributed by atoms with Crippen LogP contribution < -0.4 is 10.6 Å². The van der Waals surface area contributed by atoms with Crippen LogP contribution in [0.15, 0.2) is 89.5 Å². The van der Waals surface area contributed by atoms with E-state index in [4.69, 9.17) is 4.42 Å². The fraction of sp³-hybridized carbons (Fsp3) is 0.0385. The van der Waals surface area contributed by atoms with E-state index in [-0.39, 0.29) is 17.6 Å². The molecule has 0 spiro atoms. The number of hydrogen-bond donors (Lipinski definition) is 3. The molecule has 0 fully saturated rings. The Morgan fingerprint density at radius 1 is 0.879 bits per heavy atom. The molecule has 2 amide bonds. The van der Waals surface area contributed by atoms with Crippen molar-refractivity contribution in [2.24, 2.45) is 0 Å². The van der Waals surface area contributed by atoms with Gasteiger partial charge in [-0.3, -0.25) is 9.59 Å². The van der Waals surface area contributed by atoms with Crippen molar-refractivity contribution in [1.29, 1.82) is 0 Å². The number of H-pyrrole nitrogens is 1. The monoisotopic (exact) mass is 436 g/mol. The predicted octanol–water partition coefficient (Wildman–Crippen LogP) is 5.64. The topological polar surface area (TPSA) is 100 Å². The van der Waals surface area contributed by atoms with Crippen molar-refractivity contribution in [3.05, 3.63) is 102 Å². The molecule has 3 N–H and O–H groups in total. The first kappa shape index (κ1) is 20.3. The highest BCUT2D eigenvalue weighted by Gasteiger charge is 2.13. The molecule has 0 aliphatic heterocycles. The highest BCUT2D eigenvalue weighted by Crippen LogP contribution is 2.23. The number of para-hydroxylation sites is 2. The van der Waals surface area contributed by atoms with Crippen molar-refractivity contribution in [1.82, 2.24) is 9.97 Å². The molecular formula is C26H20N4O3. The number of carbonyl (C=O) groups is 2. The number of imidazole rings is 1. The Hall–Kier alpha value is -4.65. The summed E-state index contributed by atoms with van der Waals surface area (Å²) in [5, 5.41) is 5.68. The number of nitrogens with zero attached hydrogens (tertiary/aromatic N) is 1. The Bertz CT molecular complexity index is 1420. The first-order chi connectivity index (χ1) is 16.1. The Morgan fingerprint density at radius 3 is 2.45 bits per heavy atom. The number of fused-ring (bicyclic) bond motifs is 1. The Labute approximate surface area is 189 Å². The van der Waals surface area contributed by atoms with Crippen LogP contribution in [-0.2, 0) is 0 Å². The molecular weight excluding hydrogens is 416 g/mol. The van der Waals surface area contributed by atoms with Gasteiger partial charge in [-0.05, 0) is 73.2 Å². The molecule has 3 aromatic carbocycles. The van der Waals surface area contributed by atoms with Crippen molar-refractivity contribution in [2.75, 3.05) is 10.6 Å². The van der Waals surface area contributed by atoms with E-state index in [1.54, 1.807) is 30.3 Å². The third-order valence-corrected chi connectivity index (χ3v) is 5.30. The molecule has 0 unspecified atom stereocenters. The fourth-order valence-electron chi connectivity index (χ4n) is 3.49. The second-order valence-electron chi connectivity index (χ2n) is 7.60. The number of carbonyl (C=O) groups excluding carboxylic acids is 2. The van der Waals surface area contributed by atoms with Crippen molar-refractivity contribution < 1.29 is 14.0 Å². The standard InChI is InChI=1S/C26H20N4O3/c1-16-8-9-18(15-22(16)30-26(32)23-7-4-14-33-23)25(31)27-19-12-10-17(11-13-19)24-28-20-5-2-3-6-21(20)29-24/h2-15H,1H3,(H,27,31)(H,28,29)(H,30,32). The van der Waals surface area contributed by atoms with E-state index in [1.165, 1.54) is 6.26 Å². The van der Waals surface area contributed by atoms with Crippen LogP contribution in [0.2, 0.25) is 0 Å². The van der Waals surface area contributed by atoms with E-state index in [0.717, 1.165) is 28.0 Å². The lowest BCUT2D eigenvalue weighted by Crippen LogP contribution is -2.15. The molecule has 0 saturated heterocycles. The zero-order valence-corrected chi connectivity index (χ0v) is 17.8. The smallest absolute Gasteiger partial charge is 0.291 e. The lowest BCUT2D eigenvalue weighted by Gasteiger charge is -2.11. The number of anilines is 2. The number of amides is 2. The molecule has 7 nitrogen and oxygen atoms in total. The average Bonchev–Trinajstić information content (AvgIpc) is 3.51. The van der Waals surface area contributed by atoms with Gasteiger partial charge in [-0.2, -0.15) is 0 Å². The minimum absolute atomic E-state index is 0.203. The third kappa shape index (κ3) is 4.24. The zero-order chi connectivity index (χ0) is 22.8. The number of furan rings is 1. The van der Waals surface area contributed by atoms with Gasteiger partial charge in [0.1, 0.15) is 5.82 Å². The minimum atomic E-state index is -0.373. The Morgan fingerprint density at radius 2 is 1.70 bits per heavy atom. The Kier molecular flexibility index (Phi) is 5.20. The van der Waals surface area contributed by atoms with E-state index < -0.39 is 0 Å². The highest BCUT2D eigenvalue weighted by molar-refractivity contribution is 6.07. The SMILES string of the molecule is Cc1ccc(C(=O)Nc2ccc(-c3nc4ccccc4[nH]3)cc2)cc1NC(=O)c1ccco1. The normalized spacial score (nSPS) is 10.8. The summed E-state index contributed by atoms with van der Waals surface area (Å²) in [7, 11) is 0. The van der Waals surface area contributed by atoms with Crippen LogP contribution in [0, 0.1) is 6.92 Å². The summed E-state index contributed by atoms with van der Waals surface area (Å²) in [5.74, 6) is 0.320. The summed E-state index contributed by atoms with van der Waals surface area (Å²) in [4.78, 5) is 33.0. The minimum Gasteiger partial charge on any atom is -0.459 e. The number of aromatic amines is 1. The summed E-state index contributed by atoms with van der Waals surface area (Å²) in [5.41, 5.74) is 5.25. The summed E-state index contributed by atoms with van der Waals surface area (Å²) in [6.07, 6.45) is 1.44. The maximum atomic E-state index is 12.8. The molecule has 5 rings (SSSR count). The number of benzene rings is 3. The Balaban J connectivity index is 1.30. The molecule has 0 atom stereocenters. The van der Waals surface area contributed by atoms with Crippen molar-refractivity contribution in [3.63, 3.8) is 0 Å². The molecule has 162 valence electrons. The first-order valence-electron chi connectivity index (χ1n) is 10.4. The molecule has 0 radical (unpaired) electrons. The van der Waals surface area contributed by atoms with Gasteiger partial charge in [0, 0.05) is 22.5 Å². The number of aryl methyl sites for hydroxylation is 1. The van der Waals surface area contributed by atoms with Crippen LogP contribution in [0.25, 0.3) is 22.4 Å². The third-order valence-electron chi connectivity index (χ3n) is 5.30. The molecule has 0 aliphatic rings. The molecule has 0 saturated carbocycles. The number of nitrogens with one attached hydrogen (secondary N) is 3. The highest BCUT2D eigenvalue weighted by atomic mass is 16.3. The summed E-state index contributed by atoms with van der Waals surface area (Å²) in [6, 6.07) is 23.7. The van der Waals surface area contributed by atoms with Gasteiger partial charge < -0.3 is 20.0 Å². The number of aromatic nitrogens is 2. The van der Waals surface area contributed by atoms with Gasteiger partial charge in [0.15, 0.2) is 5.76 Å². The van der Waals surface area contributed by atoms with Crippen LogP contribution in [0.4, 0.5) is 11.4 Å². The van der Waals surface area contributed by atoms with Crippen LogP contribution in [0.1, 0.15) is 26.5 Å². The lowest BCUT2D eigenvalue weighted by atomic mass is 10.1. The lowest BCUT2D eigenvalue weighted by molar-refractivity contribution is 0.0993. The second-order valence-corrected chi connectivity index (χ2v) is 7.60. The fourth-order valence-corrected chi connectivity index (χ4v) is 3.49. The van der Waals surface area contributed by atoms with Crippen LogP contribution in [-0.4, -0.2) is 21.8 Å². The first-order valence-corrected chi connectivity index (χ1v) is 10.4. The van der Waals surface area contributed by atoms with Gasteiger partial charge in [0.25, 0.3) is 11.8 Å². The van der Waals surface area contributed by atoms with E-state index in [9.17, 15) is 9.59 Å². The molecule has 33 heavy (non-hydrogen) atoms. The molecule has 0 bridgehead atoms. The molecule has 7 heteroatoms. The van der Waals surface area contributed by atoms with Crippen molar-refractivity contribution >= 4 is 34.2 Å². The van der Waals surface area contributed by atoms with Gasteiger partial charge in [0.2, 0.25) is 0 Å². The van der Waals surface area contributed by atoms with E-state index in [1.807, 2.05) is 55.5 Å². The van der Waals surface area contributed by atoms with Crippen molar-refractivity contribution in [2.45, 2.75) is 6.92 Å². The summed E-state index contributed by atoms with van der Waals surface area (Å²) >= 11 is 0. The van der Waals surface area contributed by atoms with Crippen molar-refractivity contribution in [3.8, 4) is 11.4 Å². The van der Waals surface area contributed by atoms with Gasteiger partial charge in [0.05, 0.1) is 17.3 Å². The van der Waals surface area contributed by atoms with Crippen LogP contribution in [0.5, 0.6) is 0 Å². The molecule has 2 aromatic heterocycles. The number of rotatable bonds is 5. The predicted molar refractivity (Wildman–Crippen MR) is 127 cm³/mol. The van der Waals surface area contributed by atoms with Crippen LogP contribution >= 0.6 is 0 Å². The van der Waals surface area contributed by atoms with E-state index >= 15 is 0 Å². The van der Waals surface area contributed by atoms with Gasteiger partial charge in [-0.1, -0.05) is 18.2 Å². The van der Waals surface area contributed by atoms with Gasteiger partial charge in [-0.25, -0.2) is 4.98 Å².